The predicted octanol–water partition coefficient (Wildman–Crippen LogP) is 2.37. The van der Waals surface area contributed by atoms with Gasteiger partial charge in [-0.1, -0.05) is 18.2 Å². The summed E-state index contributed by atoms with van der Waals surface area (Å²) in [6.45, 7) is -0.118. The van der Waals surface area contributed by atoms with Crippen LogP contribution >= 0.6 is 11.3 Å². The molecule has 1 amide bonds. The number of methoxy groups -OCH3 is 1. The summed E-state index contributed by atoms with van der Waals surface area (Å²) in [6, 6.07) is 12.7. The standard InChI is InChI=1S/C20H20N2O6S2/c1-22(10-13-3-4-15-8-17(27-2)6-5-14(15)7-13)18(23)11-28-20(24)16-9-19(29-12-16)30(21,25)26/h3-9,12H,10-11H2,1-2H3,(H2,21,25,26). The van der Waals surface area contributed by atoms with E-state index in [4.69, 9.17) is 14.6 Å². The molecule has 0 bridgehead atoms. The van der Waals surface area contributed by atoms with E-state index in [0.717, 1.165) is 39.5 Å². The van der Waals surface area contributed by atoms with E-state index in [1.54, 1.807) is 14.2 Å². The van der Waals surface area contributed by atoms with E-state index in [1.807, 2.05) is 36.4 Å². The lowest BCUT2D eigenvalue weighted by Gasteiger charge is -2.17. The molecule has 0 aliphatic heterocycles. The molecule has 158 valence electrons. The van der Waals surface area contributed by atoms with Crippen molar-refractivity contribution in [3.8, 4) is 5.75 Å². The van der Waals surface area contributed by atoms with Crippen molar-refractivity contribution in [2.24, 2.45) is 5.14 Å². The van der Waals surface area contributed by atoms with Gasteiger partial charge in [-0.15, -0.1) is 11.3 Å². The van der Waals surface area contributed by atoms with Gasteiger partial charge in [0.05, 0.1) is 12.7 Å². The molecule has 2 aromatic carbocycles. The molecule has 0 unspecified atom stereocenters. The van der Waals surface area contributed by atoms with Crippen LogP contribution in [0.2, 0.25) is 0 Å². The van der Waals surface area contributed by atoms with Crippen LogP contribution in [0.4, 0.5) is 0 Å². The Bertz CT molecular complexity index is 1200. The van der Waals surface area contributed by atoms with E-state index in [9.17, 15) is 18.0 Å². The number of nitrogens with two attached hydrogens (primary N) is 1. The smallest absolute Gasteiger partial charge is 0.339 e. The molecule has 8 nitrogen and oxygen atoms in total. The molecule has 0 atom stereocenters. The van der Waals surface area contributed by atoms with E-state index in [2.05, 4.69) is 0 Å². The second kappa shape index (κ2) is 8.82. The molecular formula is C20H20N2O6S2. The number of sulfonamides is 1. The number of nitrogens with zero attached hydrogens (tertiary/aromatic N) is 1. The summed E-state index contributed by atoms with van der Waals surface area (Å²) in [4.78, 5) is 25.8. The highest BCUT2D eigenvalue weighted by molar-refractivity contribution is 7.91. The van der Waals surface area contributed by atoms with Crippen molar-refractivity contribution in [3.63, 3.8) is 0 Å². The number of hydrogen-bond acceptors (Lipinski definition) is 7. The fourth-order valence-corrected chi connectivity index (χ4v) is 4.33. The normalized spacial score (nSPS) is 11.3. The molecule has 3 rings (SSSR count). The first-order valence-electron chi connectivity index (χ1n) is 8.76. The van der Waals surface area contributed by atoms with Gasteiger partial charge in [-0.3, -0.25) is 4.79 Å². The highest BCUT2D eigenvalue weighted by Gasteiger charge is 2.18. The third kappa shape index (κ3) is 5.15. The second-order valence-electron chi connectivity index (χ2n) is 6.57. The molecule has 0 radical (unpaired) electrons. The molecule has 3 aromatic rings. The fraction of sp³-hybridized carbons (Fsp3) is 0.200. The molecule has 0 aliphatic rings. The van der Waals surface area contributed by atoms with E-state index in [-0.39, 0.29) is 15.7 Å². The summed E-state index contributed by atoms with van der Waals surface area (Å²) in [7, 11) is -0.665. The van der Waals surface area contributed by atoms with Gasteiger partial charge in [0.2, 0.25) is 10.0 Å². The lowest BCUT2D eigenvalue weighted by Crippen LogP contribution is -2.30. The number of rotatable bonds is 7. The molecule has 0 fully saturated rings. The second-order valence-corrected chi connectivity index (χ2v) is 9.27. The van der Waals surface area contributed by atoms with Gasteiger partial charge in [-0.05, 0) is 40.6 Å². The van der Waals surface area contributed by atoms with Crippen LogP contribution in [0.15, 0.2) is 52.1 Å². The maximum Gasteiger partial charge on any atom is 0.339 e. The van der Waals surface area contributed by atoms with Crippen molar-refractivity contribution in [2.75, 3.05) is 20.8 Å². The molecule has 0 spiro atoms. The molecule has 30 heavy (non-hydrogen) atoms. The lowest BCUT2D eigenvalue weighted by molar-refractivity contribution is -0.133. The summed E-state index contributed by atoms with van der Waals surface area (Å²) >= 11 is 0.813. The third-order valence-corrected chi connectivity index (χ3v) is 6.76. The predicted molar refractivity (Wildman–Crippen MR) is 113 cm³/mol. The van der Waals surface area contributed by atoms with Crippen molar-refractivity contribution in [1.82, 2.24) is 4.90 Å². The number of likely N-dealkylation sites (N-methyl/N-ethyl adjacent to an activating group) is 1. The van der Waals surface area contributed by atoms with Gasteiger partial charge in [0.1, 0.15) is 9.96 Å². The van der Waals surface area contributed by atoms with Crippen molar-refractivity contribution >= 4 is 44.0 Å². The number of benzene rings is 2. The number of thiophene rings is 1. The average Bonchev–Trinajstić information content (AvgIpc) is 3.22. The monoisotopic (exact) mass is 448 g/mol. The van der Waals surface area contributed by atoms with Gasteiger partial charge in [-0.2, -0.15) is 0 Å². The van der Waals surface area contributed by atoms with Crippen LogP contribution in [0.25, 0.3) is 10.8 Å². The largest absolute Gasteiger partial charge is 0.497 e. The molecule has 0 saturated heterocycles. The van der Waals surface area contributed by atoms with Crippen molar-refractivity contribution in [2.45, 2.75) is 10.8 Å². The molecular weight excluding hydrogens is 428 g/mol. The summed E-state index contributed by atoms with van der Waals surface area (Å²) in [5.41, 5.74) is 0.954. The number of amides is 1. The van der Waals surface area contributed by atoms with Crippen LogP contribution in [0.5, 0.6) is 5.75 Å². The summed E-state index contributed by atoms with van der Waals surface area (Å²) in [5.74, 6) is -0.409. The van der Waals surface area contributed by atoms with Gasteiger partial charge in [0.25, 0.3) is 5.91 Å². The highest BCUT2D eigenvalue weighted by atomic mass is 32.2. The number of fused-ring (bicyclic) bond motifs is 1. The average molecular weight is 449 g/mol. The van der Waals surface area contributed by atoms with Crippen LogP contribution < -0.4 is 9.88 Å². The Balaban J connectivity index is 1.58. The minimum Gasteiger partial charge on any atom is -0.497 e. The molecule has 10 heteroatoms. The topological polar surface area (TPSA) is 116 Å². The van der Waals surface area contributed by atoms with E-state index >= 15 is 0 Å². The Hall–Kier alpha value is -2.95. The highest BCUT2D eigenvalue weighted by Crippen LogP contribution is 2.22. The first-order valence-corrected chi connectivity index (χ1v) is 11.2. The number of esters is 1. The third-order valence-electron chi connectivity index (χ3n) is 4.38. The van der Waals surface area contributed by atoms with Crippen molar-refractivity contribution < 1.29 is 27.5 Å². The van der Waals surface area contributed by atoms with Crippen LogP contribution in [-0.4, -0.2) is 46.0 Å². The van der Waals surface area contributed by atoms with Crippen LogP contribution in [0, 0.1) is 0 Å². The Labute approximate surface area is 177 Å². The Morgan fingerprint density at radius 2 is 1.80 bits per heavy atom. The number of carbonyl (C=O) groups excluding carboxylic acids is 2. The Kier molecular flexibility index (Phi) is 6.40. The minimum absolute atomic E-state index is 0.0319. The number of primary sulfonamides is 1. The number of ether oxygens (including phenoxy) is 2. The van der Waals surface area contributed by atoms with Gasteiger partial charge in [-0.25, -0.2) is 18.4 Å². The molecule has 1 heterocycles. The first-order chi connectivity index (χ1) is 14.2. The maximum absolute atomic E-state index is 12.3. The molecule has 0 aliphatic carbocycles. The summed E-state index contributed by atoms with van der Waals surface area (Å²) < 4.78 is 32.6. The zero-order valence-electron chi connectivity index (χ0n) is 16.3. The van der Waals surface area contributed by atoms with Crippen LogP contribution in [-0.2, 0) is 26.1 Å². The lowest BCUT2D eigenvalue weighted by atomic mass is 10.1. The molecule has 2 N–H and O–H groups in total. The van der Waals surface area contributed by atoms with Gasteiger partial charge < -0.3 is 14.4 Å². The number of carbonyl (C=O) groups is 2. The SMILES string of the molecule is COc1ccc2cc(CN(C)C(=O)COC(=O)c3csc(S(N)(=O)=O)c3)ccc2c1. The van der Waals surface area contributed by atoms with Crippen LogP contribution in [0.3, 0.4) is 0 Å². The van der Waals surface area contributed by atoms with E-state index in [0.29, 0.717) is 6.54 Å². The van der Waals surface area contributed by atoms with Crippen LogP contribution in [0.1, 0.15) is 15.9 Å². The number of hydrogen-bond donors (Lipinski definition) is 1. The van der Waals surface area contributed by atoms with E-state index in [1.165, 1.54) is 10.3 Å². The zero-order valence-corrected chi connectivity index (χ0v) is 18.0. The van der Waals surface area contributed by atoms with Crippen molar-refractivity contribution in [1.29, 1.82) is 0 Å². The Morgan fingerprint density at radius 1 is 1.10 bits per heavy atom. The van der Waals surface area contributed by atoms with Gasteiger partial charge >= 0.3 is 5.97 Å². The van der Waals surface area contributed by atoms with Crippen molar-refractivity contribution in [3.05, 3.63) is 59.0 Å². The maximum atomic E-state index is 12.3. The van der Waals surface area contributed by atoms with E-state index < -0.39 is 22.6 Å². The fourth-order valence-electron chi connectivity index (χ4n) is 2.75. The Morgan fingerprint density at radius 3 is 2.47 bits per heavy atom. The molecule has 0 saturated carbocycles. The quantitative estimate of drug-likeness (QED) is 0.555. The van der Waals surface area contributed by atoms with Gasteiger partial charge in [0.15, 0.2) is 6.61 Å². The minimum atomic E-state index is -3.89. The van der Waals surface area contributed by atoms with Gasteiger partial charge in [0, 0.05) is 19.0 Å². The zero-order chi connectivity index (χ0) is 21.9. The first kappa shape index (κ1) is 21.8. The molecule has 1 aromatic heterocycles. The summed E-state index contributed by atoms with van der Waals surface area (Å²) in [6.07, 6.45) is 0. The summed E-state index contributed by atoms with van der Waals surface area (Å²) in [5, 5.41) is 8.38.